The lowest BCUT2D eigenvalue weighted by molar-refractivity contribution is 0.0433. The minimum Gasteiger partial charge on any atom is -0.497 e. The second-order valence-corrected chi connectivity index (χ2v) is 4.87. The Hall–Kier alpha value is -2.57. The van der Waals surface area contributed by atoms with Crippen molar-refractivity contribution in [3.8, 4) is 22.6 Å². The summed E-state index contributed by atoms with van der Waals surface area (Å²) in [7, 11) is 1.59. The SMILES string of the molecule is COc1ccc(-c2ccc(C(=O)OCCO)cc2OCCO)cc1. The lowest BCUT2D eigenvalue weighted by atomic mass is 10.0. The third-order valence-corrected chi connectivity index (χ3v) is 3.29. The highest BCUT2D eigenvalue weighted by molar-refractivity contribution is 5.91. The van der Waals surface area contributed by atoms with Gasteiger partial charge in [-0.15, -0.1) is 0 Å². The molecule has 0 atom stereocenters. The van der Waals surface area contributed by atoms with Gasteiger partial charge >= 0.3 is 5.97 Å². The van der Waals surface area contributed by atoms with E-state index >= 15 is 0 Å². The molecule has 0 heterocycles. The van der Waals surface area contributed by atoms with E-state index in [9.17, 15) is 4.79 Å². The standard InChI is InChI=1S/C18H20O6/c1-22-15-5-2-13(3-6-15)16-7-4-14(18(21)24-11-9-20)12-17(16)23-10-8-19/h2-7,12,19-20H,8-11H2,1H3. The molecular weight excluding hydrogens is 312 g/mol. The number of esters is 1. The van der Waals surface area contributed by atoms with E-state index in [1.165, 1.54) is 0 Å². The molecule has 0 unspecified atom stereocenters. The van der Waals surface area contributed by atoms with E-state index in [1.54, 1.807) is 25.3 Å². The molecule has 0 saturated carbocycles. The van der Waals surface area contributed by atoms with Gasteiger partial charge in [0.15, 0.2) is 0 Å². The number of rotatable bonds is 8. The van der Waals surface area contributed by atoms with Crippen LogP contribution in [0.25, 0.3) is 11.1 Å². The molecule has 128 valence electrons. The van der Waals surface area contributed by atoms with Crippen molar-refractivity contribution >= 4 is 5.97 Å². The molecule has 6 nitrogen and oxygen atoms in total. The summed E-state index contributed by atoms with van der Waals surface area (Å²) in [5, 5.41) is 17.7. The lowest BCUT2D eigenvalue weighted by Crippen LogP contribution is -2.10. The van der Waals surface area contributed by atoms with Crippen LogP contribution >= 0.6 is 0 Å². The molecule has 0 aliphatic rings. The highest BCUT2D eigenvalue weighted by Crippen LogP contribution is 2.32. The summed E-state index contributed by atoms with van der Waals surface area (Å²) in [5.41, 5.74) is 1.98. The minimum absolute atomic E-state index is 0.0636. The number of methoxy groups -OCH3 is 1. The minimum atomic E-state index is -0.542. The molecule has 2 rings (SSSR count). The maximum Gasteiger partial charge on any atom is 0.338 e. The van der Waals surface area contributed by atoms with Crippen LogP contribution in [0.3, 0.4) is 0 Å². The van der Waals surface area contributed by atoms with Crippen molar-refractivity contribution < 1.29 is 29.2 Å². The summed E-state index contributed by atoms with van der Waals surface area (Å²) in [6, 6.07) is 12.4. The van der Waals surface area contributed by atoms with E-state index in [4.69, 9.17) is 24.4 Å². The third kappa shape index (κ3) is 4.47. The van der Waals surface area contributed by atoms with Gasteiger partial charge in [0.25, 0.3) is 0 Å². The molecule has 0 amide bonds. The Kier molecular flexibility index (Phi) is 6.60. The zero-order valence-electron chi connectivity index (χ0n) is 13.4. The van der Waals surface area contributed by atoms with Crippen LogP contribution < -0.4 is 9.47 Å². The number of carbonyl (C=O) groups excluding carboxylic acids is 1. The molecule has 2 aromatic rings. The number of aliphatic hydroxyl groups excluding tert-OH is 2. The zero-order chi connectivity index (χ0) is 17.4. The second-order valence-electron chi connectivity index (χ2n) is 4.87. The molecule has 0 fully saturated rings. The maximum absolute atomic E-state index is 11.9. The van der Waals surface area contributed by atoms with Crippen LogP contribution in [0.5, 0.6) is 11.5 Å². The highest BCUT2D eigenvalue weighted by atomic mass is 16.5. The van der Waals surface area contributed by atoms with Crippen LogP contribution in [-0.4, -0.2) is 49.7 Å². The van der Waals surface area contributed by atoms with Gasteiger partial charge in [0, 0.05) is 5.56 Å². The van der Waals surface area contributed by atoms with Gasteiger partial charge in [-0.25, -0.2) is 4.79 Å². The van der Waals surface area contributed by atoms with Crippen LogP contribution in [-0.2, 0) is 4.74 Å². The second kappa shape index (κ2) is 8.90. The Bertz CT molecular complexity index is 666. The van der Waals surface area contributed by atoms with Crippen LogP contribution in [0.1, 0.15) is 10.4 Å². The number of ether oxygens (including phenoxy) is 3. The normalized spacial score (nSPS) is 10.3. The van der Waals surface area contributed by atoms with Crippen molar-refractivity contribution in [2.45, 2.75) is 0 Å². The first-order valence-electron chi connectivity index (χ1n) is 7.49. The number of carbonyl (C=O) groups is 1. The Labute approximate surface area is 140 Å². The summed E-state index contributed by atoms with van der Waals surface area (Å²) in [6.07, 6.45) is 0. The van der Waals surface area contributed by atoms with Crippen molar-refractivity contribution in [2.24, 2.45) is 0 Å². The molecule has 2 N–H and O–H groups in total. The van der Waals surface area contributed by atoms with Crippen LogP contribution in [0.4, 0.5) is 0 Å². The zero-order valence-corrected chi connectivity index (χ0v) is 13.4. The molecule has 0 saturated heterocycles. The van der Waals surface area contributed by atoms with Crippen molar-refractivity contribution in [3.63, 3.8) is 0 Å². The van der Waals surface area contributed by atoms with Gasteiger partial charge in [0.2, 0.25) is 0 Å². The summed E-state index contributed by atoms with van der Waals surface area (Å²) >= 11 is 0. The average molecular weight is 332 g/mol. The highest BCUT2D eigenvalue weighted by Gasteiger charge is 2.13. The summed E-state index contributed by atoms with van der Waals surface area (Å²) in [6.45, 7) is -0.324. The first-order valence-corrected chi connectivity index (χ1v) is 7.49. The average Bonchev–Trinajstić information content (AvgIpc) is 2.64. The molecule has 0 radical (unpaired) electrons. The van der Waals surface area contributed by atoms with Crippen LogP contribution in [0, 0.1) is 0 Å². The molecule has 2 aromatic carbocycles. The fraction of sp³-hybridized carbons (Fsp3) is 0.278. The molecule has 0 aromatic heterocycles. The van der Waals surface area contributed by atoms with E-state index in [1.807, 2.05) is 24.3 Å². The van der Waals surface area contributed by atoms with Gasteiger partial charge < -0.3 is 24.4 Å². The first-order chi connectivity index (χ1) is 11.7. The lowest BCUT2D eigenvalue weighted by Gasteiger charge is -2.13. The van der Waals surface area contributed by atoms with Crippen LogP contribution in [0.15, 0.2) is 42.5 Å². The van der Waals surface area contributed by atoms with Crippen molar-refractivity contribution in [1.29, 1.82) is 0 Å². The number of hydrogen-bond donors (Lipinski definition) is 2. The van der Waals surface area contributed by atoms with E-state index in [2.05, 4.69) is 0 Å². The van der Waals surface area contributed by atoms with Crippen molar-refractivity contribution in [3.05, 3.63) is 48.0 Å². The third-order valence-electron chi connectivity index (χ3n) is 3.29. The largest absolute Gasteiger partial charge is 0.497 e. The fourth-order valence-corrected chi connectivity index (χ4v) is 2.16. The van der Waals surface area contributed by atoms with E-state index in [0.717, 1.165) is 16.9 Å². The molecule has 0 bridgehead atoms. The van der Waals surface area contributed by atoms with Gasteiger partial charge in [0.05, 0.1) is 25.9 Å². The van der Waals surface area contributed by atoms with Gasteiger partial charge in [-0.3, -0.25) is 0 Å². The Morgan fingerprint density at radius 1 is 1.00 bits per heavy atom. The summed E-state index contributed by atoms with van der Waals surface area (Å²) in [5.74, 6) is 0.660. The molecule has 6 heteroatoms. The Morgan fingerprint density at radius 3 is 2.33 bits per heavy atom. The fourth-order valence-electron chi connectivity index (χ4n) is 2.16. The number of hydrogen-bond acceptors (Lipinski definition) is 6. The Morgan fingerprint density at radius 2 is 1.71 bits per heavy atom. The van der Waals surface area contributed by atoms with Gasteiger partial charge in [-0.05, 0) is 35.9 Å². The predicted octanol–water partition coefficient (Wildman–Crippen LogP) is 1.88. The monoisotopic (exact) mass is 332 g/mol. The predicted molar refractivity (Wildman–Crippen MR) is 88.4 cm³/mol. The molecular formula is C18H20O6. The molecule has 24 heavy (non-hydrogen) atoms. The molecule has 0 spiro atoms. The smallest absolute Gasteiger partial charge is 0.338 e. The van der Waals surface area contributed by atoms with Crippen LogP contribution in [0.2, 0.25) is 0 Å². The van der Waals surface area contributed by atoms with Gasteiger partial charge in [-0.2, -0.15) is 0 Å². The Balaban J connectivity index is 2.33. The van der Waals surface area contributed by atoms with Gasteiger partial charge in [0.1, 0.15) is 24.7 Å². The number of aliphatic hydroxyl groups is 2. The van der Waals surface area contributed by atoms with E-state index in [0.29, 0.717) is 11.3 Å². The quantitative estimate of drug-likeness (QED) is 0.718. The summed E-state index contributed by atoms with van der Waals surface area (Å²) in [4.78, 5) is 11.9. The molecule has 0 aliphatic heterocycles. The summed E-state index contributed by atoms with van der Waals surface area (Å²) < 4.78 is 15.6. The number of benzene rings is 2. The van der Waals surface area contributed by atoms with Crippen molar-refractivity contribution in [2.75, 3.05) is 33.5 Å². The topological polar surface area (TPSA) is 85.2 Å². The van der Waals surface area contributed by atoms with Crippen molar-refractivity contribution in [1.82, 2.24) is 0 Å². The molecule has 0 aliphatic carbocycles. The first kappa shape index (κ1) is 17.8. The van der Waals surface area contributed by atoms with E-state index < -0.39 is 5.97 Å². The van der Waals surface area contributed by atoms with E-state index in [-0.39, 0.29) is 26.4 Å². The maximum atomic E-state index is 11.9. The van der Waals surface area contributed by atoms with Gasteiger partial charge in [-0.1, -0.05) is 12.1 Å².